The molecule has 0 aromatic carbocycles. The fraction of sp³-hybridized carbons (Fsp3) is 0.545. The molecule has 118 valence electrons. The van der Waals surface area contributed by atoms with E-state index >= 15 is 0 Å². The summed E-state index contributed by atoms with van der Waals surface area (Å²) in [6, 6.07) is 0.936. The molecule has 1 unspecified atom stereocenters. The molecule has 0 bridgehead atoms. The normalized spacial score (nSPS) is 21.5. The zero-order chi connectivity index (χ0) is 15.8. The number of aryl methyl sites for hydroxylation is 1. The molecule has 21 heavy (non-hydrogen) atoms. The molecule has 1 aromatic heterocycles. The molecular weight excluding hydrogens is 322 g/mol. The Bertz CT molecular complexity index is 760. The molecule has 10 heteroatoms. The van der Waals surface area contributed by atoms with Gasteiger partial charge in [0, 0.05) is 12.6 Å². The van der Waals surface area contributed by atoms with Gasteiger partial charge in [-0.05, 0) is 19.3 Å². The number of rotatable bonds is 5. The minimum Gasteiger partial charge on any atom is -0.475 e. The lowest BCUT2D eigenvalue weighted by Crippen LogP contribution is -2.30. The van der Waals surface area contributed by atoms with E-state index in [0.717, 1.165) is 6.07 Å². The van der Waals surface area contributed by atoms with E-state index in [0.29, 0.717) is 6.42 Å². The van der Waals surface area contributed by atoms with Crippen molar-refractivity contribution >= 4 is 25.8 Å². The Morgan fingerprint density at radius 3 is 2.67 bits per heavy atom. The maximum absolute atomic E-state index is 12.1. The summed E-state index contributed by atoms with van der Waals surface area (Å²) in [5.74, 6) is -2.10. The minimum atomic E-state index is -3.93. The number of furan rings is 1. The van der Waals surface area contributed by atoms with E-state index in [-0.39, 0.29) is 34.6 Å². The van der Waals surface area contributed by atoms with Crippen LogP contribution in [0.4, 0.5) is 0 Å². The highest BCUT2D eigenvalue weighted by Crippen LogP contribution is 2.22. The van der Waals surface area contributed by atoms with Crippen LogP contribution in [0.1, 0.15) is 22.7 Å². The topological polar surface area (TPSA) is 131 Å². The molecule has 1 aliphatic rings. The fourth-order valence-electron chi connectivity index (χ4n) is 2.18. The van der Waals surface area contributed by atoms with E-state index in [2.05, 4.69) is 4.72 Å². The summed E-state index contributed by atoms with van der Waals surface area (Å²) in [7, 11) is -7.00. The predicted molar refractivity (Wildman–Crippen MR) is 72.4 cm³/mol. The van der Waals surface area contributed by atoms with Crippen LogP contribution in [0.3, 0.4) is 0 Å². The highest BCUT2D eigenvalue weighted by Gasteiger charge is 2.30. The van der Waals surface area contributed by atoms with Crippen LogP contribution in [0.25, 0.3) is 0 Å². The minimum absolute atomic E-state index is 0.00537. The Morgan fingerprint density at radius 2 is 2.19 bits per heavy atom. The van der Waals surface area contributed by atoms with Gasteiger partial charge in [0.15, 0.2) is 9.84 Å². The van der Waals surface area contributed by atoms with Crippen LogP contribution in [-0.4, -0.2) is 46.0 Å². The van der Waals surface area contributed by atoms with Crippen molar-refractivity contribution in [2.45, 2.75) is 18.2 Å². The second kappa shape index (κ2) is 5.43. The molecule has 1 aromatic rings. The van der Waals surface area contributed by atoms with Crippen molar-refractivity contribution in [2.75, 3.05) is 18.1 Å². The van der Waals surface area contributed by atoms with Gasteiger partial charge >= 0.3 is 5.97 Å². The molecular formula is C11H15NO7S2. The van der Waals surface area contributed by atoms with Crippen molar-refractivity contribution in [3.8, 4) is 0 Å². The highest BCUT2D eigenvalue weighted by atomic mass is 32.2. The molecule has 2 N–H and O–H groups in total. The van der Waals surface area contributed by atoms with Gasteiger partial charge in [-0.3, -0.25) is 0 Å². The Kier molecular flexibility index (Phi) is 4.13. The molecule has 1 atom stereocenters. The molecule has 0 radical (unpaired) electrons. The van der Waals surface area contributed by atoms with E-state index in [1.165, 1.54) is 6.92 Å². The van der Waals surface area contributed by atoms with E-state index in [9.17, 15) is 21.6 Å². The summed E-state index contributed by atoms with van der Waals surface area (Å²) in [6.45, 7) is 1.34. The van der Waals surface area contributed by atoms with Crippen LogP contribution >= 0.6 is 0 Å². The van der Waals surface area contributed by atoms with Crippen LogP contribution in [0.15, 0.2) is 15.4 Å². The molecule has 2 heterocycles. The Balaban J connectivity index is 2.10. The second-order valence-electron chi connectivity index (χ2n) is 4.96. The van der Waals surface area contributed by atoms with Crippen molar-refractivity contribution in [3.63, 3.8) is 0 Å². The Hall–Kier alpha value is -1.39. The zero-order valence-corrected chi connectivity index (χ0v) is 12.8. The van der Waals surface area contributed by atoms with Crippen LogP contribution in [0, 0.1) is 12.8 Å². The van der Waals surface area contributed by atoms with E-state index in [1.807, 2.05) is 0 Å². The maximum Gasteiger partial charge on any atom is 0.371 e. The molecule has 0 amide bonds. The molecule has 2 rings (SSSR count). The first-order chi connectivity index (χ1) is 9.61. The van der Waals surface area contributed by atoms with Crippen LogP contribution in [0.2, 0.25) is 0 Å². The number of sulfone groups is 1. The van der Waals surface area contributed by atoms with Gasteiger partial charge < -0.3 is 9.52 Å². The quantitative estimate of drug-likeness (QED) is 0.773. The van der Waals surface area contributed by atoms with Gasteiger partial charge in [-0.2, -0.15) is 0 Å². The largest absolute Gasteiger partial charge is 0.475 e. The molecule has 0 spiro atoms. The number of carboxylic acid groups (broad SMARTS) is 1. The first-order valence-electron chi connectivity index (χ1n) is 6.14. The average molecular weight is 337 g/mol. The average Bonchev–Trinajstić information content (AvgIpc) is 2.90. The Morgan fingerprint density at radius 1 is 1.52 bits per heavy atom. The van der Waals surface area contributed by atoms with Gasteiger partial charge in [-0.25, -0.2) is 26.4 Å². The zero-order valence-electron chi connectivity index (χ0n) is 11.2. The maximum atomic E-state index is 12.1. The van der Waals surface area contributed by atoms with Crippen LogP contribution < -0.4 is 4.72 Å². The third-order valence-corrected chi connectivity index (χ3v) is 6.63. The number of carbonyl (C=O) groups is 1. The summed E-state index contributed by atoms with van der Waals surface area (Å²) >= 11 is 0. The van der Waals surface area contributed by atoms with Gasteiger partial charge in [0.25, 0.3) is 0 Å². The van der Waals surface area contributed by atoms with Crippen molar-refractivity contribution in [1.29, 1.82) is 0 Å². The van der Waals surface area contributed by atoms with Crippen LogP contribution in [0.5, 0.6) is 0 Å². The number of hydrogen-bond acceptors (Lipinski definition) is 6. The monoisotopic (exact) mass is 337 g/mol. The van der Waals surface area contributed by atoms with Crippen molar-refractivity contribution in [1.82, 2.24) is 4.72 Å². The number of aromatic carboxylic acids is 1. The first kappa shape index (κ1) is 16.0. The molecule has 8 nitrogen and oxygen atoms in total. The first-order valence-corrected chi connectivity index (χ1v) is 9.45. The van der Waals surface area contributed by atoms with Crippen LogP contribution in [-0.2, 0) is 19.9 Å². The fourth-order valence-corrected chi connectivity index (χ4v) is 5.33. The van der Waals surface area contributed by atoms with E-state index in [4.69, 9.17) is 9.52 Å². The lowest BCUT2D eigenvalue weighted by molar-refractivity contribution is 0.0661. The molecule has 1 aliphatic heterocycles. The standard InChI is InChI=1S/C11H15NO7S2/c1-7-10(4-9(19-7)11(13)14)21(17,18)12-5-8-2-3-20(15,16)6-8/h4,8,12H,2-3,5-6H2,1H3,(H,13,14). The predicted octanol–water partition coefficient (Wildman–Crippen LogP) is -0.000780. The summed E-state index contributed by atoms with van der Waals surface area (Å²) < 4.78 is 54.0. The lowest BCUT2D eigenvalue weighted by atomic mass is 10.1. The summed E-state index contributed by atoms with van der Waals surface area (Å²) in [6.07, 6.45) is 0.412. The number of hydrogen-bond donors (Lipinski definition) is 2. The van der Waals surface area contributed by atoms with Crippen molar-refractivity contribution in [3.05, 3.63) is 17.6 Å². The molecule has 0 saturated carbocycles. The van der Waals surface area contributed by atoms with E-state index < -0.39 is 31.6 Å². The molecule has 0 aliphatic carbocycles. The SMILES string of the molecule is Cc1oc(C(=O)O)cc1S(=O)(=O)NCC1CCS(=O)(=O)C1. The van der Waals surface area contributed by atoms with E-state index in [1.54, 1.807) is 0 Å². The third kappa shape index (κ3) is 3.63. The molecule has 1 saturated heterocycles. The van der Waals surface area contributed by atoms with Crippen molar-refractivity contribution < 1.29 is 31.2 Å². The van der Waals surface area contributed by atoms with Gasteiger partial charge in [0.1, 0.15) is 10.7 Å². The number of carboxylic acids is 1. The van der Waals surface area contributed by atoms with Gasteiger partial charge in [-0.1, -0.05) is 0 Å². The second-order valence-corrected chi connectivity index (χ2v) is 8.92. The third-order valence-electron chi connectivity index (χ3n) is 3.26. The summed E-state index contributed by atoms with van der Waals surface area (Å²) in [4.78, 5) is 10.5. The Labute approximate surface area is 122 Å². The molecule has 1 fully saturated rings. The smallest absolute Gasteiger partial charge is 0.371 e. The number of nitrogens with one attached hydrogen (secondary N) is 1. The van der Waals surface area contributed by atoms with Crippen molar-refractivity contribution in [2.24, 2.45) is 5.92 Å². The lowest BCUT2D eigenvalue weighted by Gasteiger charge is -2.09. The van der Waals surface area contributed by atoms with Gasteiger partial charge in [0.2, 0.25) is 15.8 Å². The van der Waals surface area contributed by atoms with Gasteiger partial charge in [-0.15, -0.1) is 0 Å². The summed E-state index contributed by atoms with van der Waals surface area (Å²) in [5.41, 5.74) is 0. The number of sulfonamides is 1. The summed E-state index contributed by atoms with van der Waals surface area (Å²) in [5, 5.41) is 8.77. The van der Waals surface area contributed by atoms with Gasteiger partial charge in [0.05, 0.1) is 11.5 Å². The highest BCUT2D eigenvalue weighted by molar-refractivity contribution is 7.91.